The van der Waals surface area contributed by atoms with Crippen LogP contribution in [0.1, 0.15) is 56.4 Å². The van der Waals surface area contributed by atoms with Crippen LogP contribution >= 0.6 is 34.5 Å². The highest BCUT2D eigenvalue weighted by atomic mass is 35.5. The van der Waals surface area contributed by atoms with Crippen molar-refractivity contribution in [2.45, 2.75) is 69.7 Å². The number of aromatic nitrogens is 3. The molecule has 238 valence electrons. The third kappa shape index (κ3) is 7.34. The molecule has 0 unspecified atom stereocenters. The number of nitriles is 1. The van der Waals surface area contributed by atoms with E-state index in [4.69, 9.17) is 27.6 Å². The van der Waals surface area contributed by atoms with E-state index in [0.29, 0.717) is 0 Å². The molecule has 1 aliphatic rings. The summed E-state index contributed by atoms with van der Waals surface area (Å²) in [6, 6.07) is 1.95. The zero-order chi connectivity index (χ0) is 32.6. The van der Waals surface area contributed by atoms with E-state index in [2.05, 4.69) is 21.3 Å². The number of nitrogens with one attached hydrogen (secondary N) is 1. The largest absolute Gasteiger partial charge is 0.419 e. The topological polar surface area (TPSA) is 142 Å². The SMILES string of the molecule is CC[C@H](NS(=O)(=O)c1ccc(-c2sc(-c3nnc(CC(C)(C)C#N)o3)nc2C(=O)N2CCC(F)CC2)c(Cl)c1Cl)C(F)(F)F. The van der Waals surface area contributed by atoms with Gasteiger partial charge in [0, 0.05) is 25.1 Å². The van der Waals surface area contributed by atoms with Crippen LogP contribution in [0, 0.1) is 16.7 Å². The van der Waals surface area contributed by atoms with Gasteiger partial charge in [0.15, 0.2) is 5.01 Å². The first-order valence-electron chi connectivity index (χ1n) is 13.2. The Morgan fingerprint density at radius 1 is 1.23 bits per heavy atom. The molecule has 1 saturated heterocycles. The zero-order valence-corrected chi connectivity index (χ0v) is 26.7. The standard InChI is InChI=1S/C26H26Cl2F4N6O4S2/c1-4-16(26(30,31)32)37-44(40,41)15-6-5-14(18(27)19(15)28)21-20(24(39)38-9-7-13(29)8-10-38)34-23(43-21)22-36-35-17(42-22)11-25(2,3)12-33/h5-6,13,16,37H,4,7-11H2,1-3H3/t16-/m0/s1. The van der Waals surface area contributed by atoms with Gasteiger partial charge in [0.05, 0.1) is 26.4 Å². The van der Waals surface area contributed by atoms with Crippen LogP contribution < -0.4 is 4.72 Å². The van der Waals surface area contributed by atoms with Crippen molar-refractivity contribution >= 4 is 50.5 Å². The summed E-state index contributed by atoms with van der Waals surface area (Å²) in [5, 5.41) is 16.4. The second-order valence-electron chi connectivity index (χ2n) is 10.7. The van der Waals surface area contributed by atoms with Crippen molar-refractivity contribution in [3.05, 3.63) is 33.8 Å². The molecule has 10 nitrogen and oxygen atoms in total. The first-order valence-corrected chi connectivity index (χ1v) is 16.3. The number of piperidine rings is 1. The number of alkyl halides is 4. The molecule has 0 bridgehead atoms. The molecule has 3 heterocycles. The third-order valence-corrected chi connectivity index (χ3v) is 10.4. The lowest BCUT2D eigenvalue weighted by molar-refractivity contribution is -0.151. The van der Waals surface area contributed by atoms with E-state index in [1.807, 2.05) is 0 Å². The number of sulfonamides is 1. The van der Waals surface area contributed by atoms with E-state index in [1.54, 1.807) is 18.6 Å². The molecule has 1 N–H and O–H groups in total. The second kappa shape index (κ2) is 12.9. The molecule has 18 heteroatoms. The number of amides is 1. The highest BCUT2D eigenvalue weighted by molar-refractivity contribution is 7.89. The summed E-state index contributed by atoms with van der Waals surface area (Å²) < 4.78 is 86.7. The van der Waals surface area contributed by atoms with Crippen LogP contribution in [-0.4, -0.2) is 65.9 Å². The number of likely N-dealkylation sites (tertiary alicyclic amines) is 1. The van der Waals surface area contributed by atoms with Crippen molar-refractivity contribution in [3.8, 4) is 27.4 Å². The van der Waals surface area contributed by atoms with Crippen LogP contribution in [0.3, 0.4) is 0 Å². The molecular formula is C26H26Cl2F4N6O4S2. The molecule has 2 aromatic heterocycles. The van der Waals surface area contributed by atoms with Crippen LogP contribution in [0.5, 0.6) is 0 Å². The highest BCUT2D eigenvalue weighted by Gasteiger charge is 2.41. The number of hydrogen-bond donors (Lipinski definition) is 1. The van der Waals surface area contributed by atoms with Gasteiger partial charge in [0.2, 0.25) is 15.9 Å². The van der Waals surface area contributed by atoms with Gasteiger partial charge >= 0.3 is 6.18 Å². The van der Waals surface area contributed by atoms with Crippen molar-refractivity contribution in [2.75, 3.05) is 13.1 Å². The van der Waals surface area contributed by atoms with Gasteiger partial charge in [-0.2, -0.15) is 23.2 Å². The molecule has 1 aromatic carbocycles. The number of thiazole rings is 1. The Kier molecular flexibility index (Phi) is 9.96. The maximum Gasteiger partial charge on any atom is 0.404 e. The minimum absolute atomic E-state index is 0.0649. The van der Waals surface area contributed by atoms with E-state index in [1.165, 1.54) is 17.9 Å². The Morgan fingerprint density at radius 3 is 2.48 bits per heavy atom. The summed E-state index contributed by atoms with van der Waals surface area (Å²) >= 11 is 13.7. The van der Waals surface area contributed by atoms with Gasteiger partial charge in [-0.1, -0.05) is 36.2 Å². The fraction of sp³-hybridized carbons (Fsp3) is 0.500. The summed E-state index contributed by atoms with van der Waals surface area (Å²) in [6.45, 7) is 4.79. The number of nitrogens with zero attached hydrogens (tertiary/aromatic N) is 5. The van der Waals surface area contributed by atoms with Gasteiger partial charge in [-0.05, 0) is 39.2 Å². The van der Waals surface area contributed by atoms with E-state index in [0.717, 1.165) is 17.4 Å². The zero-order valence-electron chi connectivity index (χ0n) is 23.5. The first-order chi connectivity index (χ1) is 20.5. The number of carbonyl (C=O) groups is 1. The maximum absolute atomic E-state index is 13.8. The average Bonchev–Trinajstić information content (AvgIpc) is 3.59. The number of halogens is 6. The maximum atomic E-state index is 13.8. The fourth-order valence-corrected chi connectivity index (χ4v) is 7.55. The van der Waals surface area contributed by atoms with E-state index in [-0.39, 0.29) is 70.3 Å². The molecule has 1 atom stereocenters. The van der Waals surface area contributed by atoms with Crippen LogP contribution in [-0.2, 0) is 16.4 Å². The predicted molar refractivity (Wildman–Crippen MR) is 154 cm³/mol. The van der Waals surface area contributed by atoms with Gasteiger partial charge in [-0.15, -0.1) is 21.5 Å². The average molecular weight is 698 g/mol. The van der Waals surface area contributed by atoms with Crippen LogP contribution in [0.4, 0.5) is 17.6 Å². The molecule has 44 heavy (non-hydrogen) atoms. The molecule has 1 fully saturated rings. The Morgan fingerprint density at radius 2 is 1.89 bits per heavy atom. The molecular weight excluding hydrogens is 671 g/mol. The van der Waals surface area contributed by atoms with E-state index >= 15 is 0 Å². The molecule has 0 saturated carbocycles. The smallest absolute Gasteiger partial charge is 0.404 e. The van der Waals surface area contributed by atoms with E-state index in [9.17, 15) is 36.0 Å². The molecule has 3 aromatic rings. The second-order valence-corrected chi connectivity index (χ2v) is 14.1. The summed E-state index contributed by atoms with van der Waals surface area (Å²) in [4.78, 5) is 18.9. The predicted octanol–water partition coefficient (Wildman–Crippen LogP) is 6.45. The molecule has 1 amide bonds. The van der Waals surface area contributed by atoms with Crippen molar-refractivity contribution in [2.24, 2.45) is 5.41 Å². The normalized spacial score (nSPS) is 15.8. The van der Waals surface area contributed by atoms with E-state index < -0.39 is 56.1 Å². The van der Waals surface area contributed by atoms with Gasteiger partial charge in [-0.25, -0.2) is 17.8 Å². The van der Waals surface area contributed by atoms with Crippen molar-refractivity contribution < 1.29 is 35.2 Å². The quantitative estimate of drug-likeness (QED) is 0.252. The summed E-state index contributed by atoms with van der Waals surface area (Å²) in [5.41, 5.74) is -0.870. The van der Waals surface area contributed by atoms with Gasteiger partial charge in [0.25, 0.3) is 11.8 Å². The van der Waals surface area contributed by atoms with Gasteiger partial charge in [-0.3, -0.25) is 4.79 Å². The third-order valence-electron chi connectivity index (χ3n) is 6.77. The van der Waals surface area contributed by atoms with Crippen LogP contribution in [0.15, 0.2) is 21.4 Å². The minimum atomic E-state index is -4.85. The lowest BCUT2D eigenvalue weighted by atomic mass is 9.92. The van der Waals surface area contributed by atoms with Crippen molar-refractivity contribution in [1.82, 2.24) is 24.8 Å². The van der Waals surface area contributed by atoms with Crippen LogP contribution in [0.25, 0.3) is 21.3 Å². The summed E-state index contributed by atoms with van der Waals surface area (Å²) in [6.07, 6.45) is -6.07. The molecule has 1 aliphatic heterocycles. The Hall–Kier alpha value is -2.84. The first kappa shape index (κ1) is 34.0. The van der Waals surface area contributed by atoms with Gasteiger partial charge in [0.1, 0.15) is 22.8 Å². The summed E-state index contributed by atoms with van der Waals surface area (Å²) in [5.74, 6) is -0.486. The lowest BCUT2D eigenvalue weighted by Gasteiger charge is -2.28. The van der Waals surface area contributed by atoms with Crippen molar-refractivity contribution in [1.29, 1.82) is 5.26 Å². The Labute approximate surface area is 264 Å². The number of rotatable bonds is 9. The molecule has 0 spiro atoms. The fourth-order valence-electron chi connectivity index (χ4n) is 4.32. The Balaban J connectivity index is 1.78. The number of carbonyl (C=O) groups excluding carboxylic acids is 1. The monoisotopic (exact) mass is 696 g/mol. The van der Waals surface area contributed by atoms with Crippen molar-refractivity contribution in [3.63, 3.8) is 0 Å². The Bertz CT molecular complexity index is 1700. The molecule has 0 aliphatic carbocycles. The van der Waals surface area contributed by atoms with Crippen LogP contribution in [0.2, 0.25) is 10.0 Å². The summed E-state index contributed by atoms with van der Waals surface area (Å²) in [7, 11) is -4.77. The lowest BCUT2D eigenvalue weighted by Crippen LogP contribution is -2.44. The molecule has 4 rings (SSSR count). The molecule has 0 radical (unpaired) electrons. The van der Waals surface area contributed by atoms with Gasteiger partial charge < -0.3 is 9.32 Å². The minimum Gasteiger partial charge on any atom is -0.419 e. The number of benzene rings is 1. The highest BCUT2D eigenvalue weighted by Crippen LogP contribution is 2.44. The number of hydrogen-bond acceptors (Lipinski definition) is 9.